The Morgan fingerprint density at radius 3 is 2.88 bits per heavy atom. The number of aryl methyl sites for hydroxylation is 1. The molecule has 1 aromatic rings. The minimum Gasteiger partial charge on any atom is -0.462 e. The maximum Gasteiger partial charge on any atom is 0.316 e. The highest BCUT2D eigenvalue weighted by atomic mass is 16.5. The van der Waals surface area contributed by atoms with Gasteiger partial charge in [0.1, 0.15) is 6.61 Å². The minimum atomic E-state index is 0.418. The molecule has 1 aliphatic rings. The maximum absolute atomic E-state index is 5.56. The van der Waals surface area contributed by atoms with E-state index in [9.17, 15) is 0 Å². The van der Waals surface area contributed by atoms with Crippen molar-refractivity contribution in [1.82, 2.24) is 14.9 Å². The molecular formula is C12H20N4O. The zero-order chi connectivity index (χ0) is 12.3. The van der Waals surface area contributed by atoms with Crippen molar-refractivity contribution in [3.63, 3.8) is 0 Å². The summed E-state index contributed by atoms with van der Waals surface area (Å²) in [6.45, 7) is 3.88. The van der Waals surface area contributed by atoms with Gasteiger partial charge in [0, 0.05) is 24.8 Å². The van der Waals surface area contributed by atoms with Gasteiger partial charge in [0.15, 0.2) is 0 Å². The normalized spacial score (nSPS) is 15.3. The number of aromatic nitrogens is 2. The Morgan fingerprint density at radius 1 is 1.47 bits per heavy atom. The number of likely N-dealkylation sites (N-methyl/N-ethyl adjacent to an activating group) is 1. The molecule has 0 bridgehead atoms. The van der Waals surface area contributed by atoms with Gasteiger partial charge < -0.3 is 15.4 Å². The lowest BCUT2D eigenvalue weighted by molar-refractivity contribution is 0.219. The Labute approximate surface area is 102 Å². The lowest BCUT2D eigenvalue weighted by atomic mass is 10.3. The minimum absolute atomic E-state index is 0.418. The van der Waals surface area contributed by atoms with E-state index in [0.29, 0.717) is 19.2 Å². The standard InChI is InChI=1S/C12H20N4O/c1-9-7-10(8-13)15-12(14-9)17-6-5-16(2)11-3-4-11/h7,11H,3-6,8,13H2,1-2H3. The topological polar surface area (TPSA) is 64.3 Å². The molecule has 0 spiro atoms. The predicted octanol–water partition coefficient (Wildman–Crippen LogP) is 0.717. The molecule has 0 amide bonds. The molecule has 1 saturated carbocycles. The van der Waals surface area contributed by atoms with Gasteiger partial charge in [-0.1, -0.05) is 0 Å². The van der Waals surface area contributed by atoms with Crippen LogP contribution in [0.25, 0.3) is 0 Å². The average molecular weight is 236 g/mol. The first-order chi connectivity index (χ1) is 8.19. The van der Waals surface area contributed by atoms with Crippen molar-refractivity contribution in [2.45, 2.75) is 32.4 Å². The van der Waals surface area contributed by atoms with Crippen LogP contribution in [0.15, 0.2) is 6.07 Å². The van der Waals surface area contributed by atoms with E-state index < -0.39 is 0 Å². The molecule has 1 heterocycles. The van der Waals surface area contributed by atoms with Crippen molar-refractivity contribution in [3.8, 4) is 6.01 Å². The van der Waals surface area contributed by atoms with Crippen LogP contribution in [-0.4, -0.2) is 41.1 Å². The molecule has 0 aliphatic heterocycles. The van der Waals surface area contributed by atoms with Crippen LogP contribution in [0.1, 0.15) is 24.2 Å². The summed E-state index contributed by atoms with van der Waals surface area (Å²) in [5.74, 6) is 0. The second-order valence-electron chi connectivity index (χ2n) is 4.55. The van der Waals surface area contributed by atoms with E-state index in [1.165, 1.54) is 12.8 Å². The second-order valence-corrected chi connectivity index (χ2v) is 4.55. The summed E-state index contributed by atoms with van der Waals surface area (Å²) in [5.41, 5.74) is 7.28. The zero-order valence-electron chi connectivity index (χ0n) is 10.5. The fraction of sp³-hybridized carbons (Fsp3) is 0.667. The Balaban J connectivity index is 1.83. The van der Waals surface area contributed by atoms with Crippen molar-refractivity contribution >= 4 is 0 Å². The van der Waals surface area contributed by atoms with Gasteiger partial charge in [0.2, 0.25) is 0 Å². The summed E-state index contributed by atoms with van der Waals surface area (Å²) in [4.78, 5) is 10.8. The van der Waals surface area contributed by atoms with Crippen LogP contribution in [0, 0.1) is 6.92 Å². The van der Waals surface area contributed by atoms with Gasteiger partial charge in [0.25, 0.3) is 0 Å². The molecule has 0 atom stereocenters. The summed E-state index contributed by atoms with van der Waals surface area (Å²) in [6, 6.07) is 3.08. The molecular weight excluding hydrogens is 216 g/mol. The molecule has 1 aromatic heterocycles. The highest BCUT2D eigenvalue weighted by molar-refractivity contribution is 5.12. The summed E-state index contributed by atoms with van der Waals surface area (Å²) in [7, 11) is 2.13. The van der Waals surface area contributed by atoms with Crippen molar-refractivity contribution in [3.05, 3.63) is 17.5 Å². The number of hydrogen-bond acceptors (Lipinski definition) is 5. The Bertz CT molecular complexity index is 379. The number of hydrogen-bond donors (Lipinski definition) is 1. The molecule has 2 N–H and O–H groups in total. The van der Waals surface area contributed by atoms with E-state index >= 15 is 0 Å². The van der Waals surface area contributed by atoms with Crippen LogP contribution in [0.5, 0.6) is 6.01 Å². The molecule has 0 radical (unpaired) electrons. The quantitative estimate of drug-likeness (QED) is 0.788. The molecule has 17 heavy (non-hydrogen) atoms. The van der Waals surface area contributed by atoms with E-state index in [2.05, 4.69) is 21.9 Å². The zero-order valence-corrected chi connectivity index (χ0v) is 10.5. The molecule has 5 heteroatoms. The largest absolute Gasteiger partial charge is 0.462 e. The van der Waals surface area contributed by atoms with Gasteiger partial charge in [-0.15, -0.1) is 0 Å². The lowest BCUT2D eigenvalue weighted by Gasteiger charge is -2.15. The molecule has 0 aromatic carbocycles. The monoisotopic (exact) mass is 236 g/mol. The van der Waals surface area contributed by atoms with Crippen molar-refractivity contribution < 1.29 is 4.74 Å². The van der Waals surface area contributed by atoms with Crippen LogP contribution in [0.4, 0.5) is 0 Å². The number of ether oxygens (including phenoxy) is 1. The predicted molar refractivity (Wildman–Crippen MR) is 65.8 cm³/mol. The second kappa shape index (κ2) is 5.42. The summed E-state index contributed by atoms with van der Waals surface area (Å²) >= 11 is 0. The van der Waals surface area contributed by atoms with E-state index in [4.69, 9.17) is 10.5 Å². The van der Waals surface area contributed by atoms with Gasteiger partial charge in [-0.3, -0.25) is 0 Å². The van der Waals surface area contributed by atoms with Crippen molar-refractivity contribution in [2.24, 2.45) is 5.73 Å². The fourth-order valence-electron chi connectivity index (χ4n) is 1.75. The lowest BCUT2D eigenvalue weighted by Crippen LogP contribution is -2.26. The first kappa shape index (κ1) is 12.3. The van der Waals surface area contributed by atoms with E-state index in [0.717, 1.165) is 24.0 Å². The number of rotatable bonds is 6. The Kier molecular flexibility index (Phi) is 3.91. The third-order valence-electron chi connectivity index (χ3n) is 2.94. The van der Waals surface area contributed by atoms with E-state index in [1.54, 1.807) is 0 Å². The number of nitrogens with two attached hydrogens (primary N) is 1. The molecule has 5 nitrogen and oxygen atoms in total. The van der Waals surface area contributed by atoms with Gasteiger partial charge in [-0.2, -0.15) is 4.98 Å². The van der Waals surface area contributed by atoms with Gasteiger partial charge in [-0.05, 0) is 32.9 Å². The summed E-state index contributed by atoms with van der Waals surface area (Å²) in [6.07, 6.45) is 2.63. The fourth-order valence-corrected chi connectivity index (χ4v) is 1.75. The molecule has 1 aliphatic carbocycles. The molecule has 2 rings (SSSR count). The first-order valence-corrected chi connectivity index (χ1v) is 6.06. The number of nitrogens with zero attached hydrogens (tertiary/aromatic N) is 3. The van der Waals surface area contributed by atoms with Crippen LogP contribution in [0.3, 0.4) is 0 Å². The SMILES string of the molecule is Cc1cc(CN)nc(OCCN(C)C2CC2)n1. The Hall–Kier alpha value is -1.20. The molecule has 0 unspecified atom stereocenters. The van der Waals surface area contributed by atoms with Gasteiger partial charge >= 0.3 is 6.01 Å². The maximum atomic E-state index is 5.56. The van der Waals surface area contributed by atoms with E-state index in [1.807, 2.05) is 13.0 Å². The summed E-state index contributed by atoms with van der Waals surface area (Å²) in [5, 5.41) is 0. The smallest absolute Gasteiger partial charge is 0.316 e. The summed E-state index contributed by atoms with van der Waals surface area (Å²) < 4.78 is 5.56. The average Bonchev–Trinajstić information content (AvgIpc) is 3.12. The van der Waals surface area contributed by atoms with Crippen LogP contribution < -0.4 is 10.5 Å². The highest BCUT2D eigenvalue weighted by Gasteiger charge is 2.25. The van der Waals surface area contributed by atoms with Gasteiger partial charge in [-0.25, -0.2) is 4.98 Å². The third-order valence-corrected chi connectivity index (χ3v) is 2.94. The van der Waals surface area contributed by atoms with Gasteiger partial charge in [0.05, 0.1) is 5.69 Å². The molecule has 1 fully saturated rings. The highest BCUT2D eigenvalue weighted by Crippen LogP contribution is 2.24. The first-order valence-electron chi connectivity index (χ1n) is 6.06. The van der Waals surface area contributed by atoms with Crippen molar-refractivity contribution in [2.75, 3.05) is 20.2 Å². The van der Waals surface area contributed by atoms with Crippen molar-refractivity contribution in [1.29, 1.82) is 0 Å². The third kappa shape index (κ3) is 3.64. The van der Waals surface area contributed by atoms with Crippen LogP contribution in [-0.2, 0) is 6.54 Å². The van der Waals surface area contributed by atoms with Crippen LogP contribution >= 0.6 is 0 Å². The molecule has 0 saturated heterocycles. The Morgan fingerprint density at radius 2 is 2.24 bits per heavy atom. The van der Waals surface area contributed by atoms with Crippen LogP contribution in [0.2, 0.25) is 0 Å². The van der Waals surface area contributed by atoms with E-state index in [-0.39, 0.29) is 0 Å². The molecule has 94 valence electrons.